The van der Waals surface area contributed by atoms with Gasteiger partial charge in [-0.3, -0.25) is 15.0 Å². The van der Waals surface area contributed by atoms with E-state index in [9.17, 15) is 15.5 Å². The number of nitriles is 1. The minimum atomic E-state index is -1.51. The van der Waals surface area contributed by atoms with E-state index < -0.39 is 11.6 Å². The van der Waals surface area contributed by atoms with Crippen molar-refractivity contribution in [1.29, 1.82) is 5.26 Å². The zero-order chi connectivity index (χ0) is 29.7. The Morgan fingerprint density at radius 2 is 2.12 bits per heavy atom. The van der Waals surface area contributed by atoms with Crippen molar-refractivity contribution in [3.8, 4) is 6.07 Å². The molecule has 3 unspecified atom stereocenters. The lowest BCUT2D eigenvalue weighted by atomic mass is 9.88. The van der Waals surface area contributed by atoms with E-state index >= 15 is 0 Å². The normalized spacial score (nSPS) is 18.4. The highest BCUT2D eigenvalue weighted by atomic mass is 16.3. The molecular formula is C33H34N6O2. The van der Waals surface area contributed by atoms with Crippen LogP contribution >= 0.6 is 0 Å². The van der Waals surface area contributed by atoms with Crippen molar-refractivity contribution in [2.24, 2.45) is 16.6 Å². The van der Waals surface area contributed by atoms with Gasteiger partial charge in [-0.25, -0.2) is 0 Å². The van der Waals surface area contributed by atoms with Gasteiger partial charge in [0.05, 0.1) is 34.0 Å². The third kappa shape index (κ3) is 5.28. The molecule has 0 radical (unpaired) electrons. The molecule has 0 fully saturated rings. The Kier molecular flexibility index (Phi) is 8.51. The van der Waals surface area contributed by atoms with Crippen LogP contribution in [0.15, 0.2) is 109 Å². The van der Waals surface area contributed by atoms with Crippen molar-refractivity contribution in [2.45, 2.75) is 38.8 Å². The number of aliphatic imine (C=N–C) groups is 1. The summed E-state index contributed by atoms with van der Waals surface area (Å²) in [5.41, 5.74) is 9.70. The van der Waals surface area contributed by atoms with E-state index in [1.54, 1.807) is 44.4 Å². The van der Waals surface area contributed by atoms with Gasteiger partial charge in [-0.2, -0.15) is 5.26 Å². The van der Waals surface area contributed by atoms with Crippen LogP contribution in [-0.2, 0) is 5.54 Å². The highest BCUT2D eigenvalue weighted by Crippen LogP contribution is 2.38. The van der Waals surface area contributed by atoms with Crippen LogP contribution in [0.25, 0.3) is 22.2 Å². The maximum Gasteiger partial charge on any atom is 0.216 e. The minimum absolute atomic E-state index is 0.0896. The largest absolute Gasteiger partial charge is 0.512 e. The first kappa shape index (κ1) is 29.0. The van der Waals surface area contributed by atoms with Crippen LogP contribution in [-0.4, -0.2) is 36.5 Å². The summed E-state index contributed by atoms with van der Waals surface area (Å²) in [4.78, 5) is 14.0. The molecule has 208 valence electrons. The van der Waals surface area contributed by atoms with Crippen molar-refractivity contribution < 1.29 is 10.2 Å². The Labute approximate surface area is 240 Å². The number of aliphatic hydroxyl groups is 2. The lowest BCUT2D eigenvalue weighted by molar-refractivity contribution is 0.359. The summed E-state index contributed by atoms with van der Waals surface area (Å²) in [5, 5.41) is 31.4. The molecule has 3 atom stereocenters. The van der Waals surface area contributed by atoms with Gasteiger partial charge in [-0.05, 0) is 57.0 Å². The van der Waals surface area contributed by atoms with Crippen molar-refractivity contribution >= 4 is 27.9 Å². The fourth-order valence-corrected chi connectivity index (χ4v) is 5.25. The van der Waals surface area contributed by atoms with E-state index in [0.29, 0.717) is 40.0 Å². The smallest absolute Gasteiger partial charge is 0.216 e. The van der Waals surface area contributed by atoms with Gasteiger partial charge in [0.15, 0.2) is 0 Å². The third-order valence-electron chi connectivity index (χ3n) is 7.12. The quantitative estimate of drug-likeness (QED) is 0.206. The molecule has 41 heavy (non-hydrogen) atoms. The molecule has 3 heterocycles. The first-order chi connectivity index (χ1) is 19.7. The van der Waals surface area contributed by atoms with Gasteiger partial charge < -0.3 is 20.5 Å². The first-order valence-electron chi connectivity index (χ1n) is 13.3. The molecule has 0 amide bonds. The Balaban J connectivity index is 2.15. The van der Waals surface area contributed by atoms with E-state index in [-0.39, 0.29) is 17.4 Å². The molecule has 0 aliphatic heterocycles. The number of hydrogen-bond acceptors (Lipinski definition) is 7. The number of allylic oxidation sites excluding steroid dienone is 7. The van der Waals surface area contributed by atoms with Gasteiger partial charge in [0.25, 0.3) is 0 Å². The Bertz CT molecular complexity index is 1680. The number of nitrogens with zero attached hydrogens (tertiary/aromatic N) is 5. The van der Waals surface area contributed by atoms with Crippen molar-refractivity contribution in [3.63, 3.8) is 0 Å². The number of rotatable bonds is 9. The highest BCUT2D eigenvalue weighted by Gasteiger charge is 2.42. The highest BCUT2D eigenvalue weighted by molar-refractivity contribution is 6.07. The number of pyridine rings is 2. The second-order valence-corrected chi connectivity index (χ2v) is 9.88. The molecule has 8 nitrogen and oxygen atoms in total. The summed E-state index contributed by atoms with van der Waals surface area (Å²) in [6.07, 6.45) is 16.6. The fraction of sp³-hybridized carbons (Fsp3) is 0.212. The molecule has 1 aliphatic rings. The first-order valence-corrected chi connectivity index (χ1v) is 13.3. The van der Waals surface area contributed by atoms with Crippen molar-refractivity contribution in [3.05, 3.63) is 121 Å². The number of fused-ring (bicyclic) bond motifs is 1. The number of nitrogens with two attached hydrogens (primary N) is 1. The monoisotopic (exact) mass is 546 g/mol. The standard InChI is InChI=1S/C33H34N6O2/c1-6-10-29(36-7-2)33(20-34,30-11-8-9-16-37-30)39-19-27(25-14-12-24(13-15-25)22(4)40)32-28(39)17-26(18-38-32)31(21(3)35)23(5)41/h6-12,14-19,21,24,40-41H,2,4,13,35H2,1,3,5H3/b10-6-,31-23+,36-29?. The van der Waals surface area contributed by atoms with Crippen LogP contribution in [0.5, 0.6) is 0 Å². The average Bonchev–Trinajstić information content (AvgIpc) is 3.33. The summed E-state index contributed by atoms with van der Waals surface area (Å²) in [6.45, 7) is 12.7. The van der Waals surface area contributed by atoms with E-state index in [1.165, 1.54) is 6.20 Å². The SMILES string of the molecule is C=CN=C(/C=C\C)C(C#N)(c1ccccn1)n1cc(C2=CCC(C(=C)O)C=C2)c2ncc(/C(=C(\C)O)C(C)N)cc21. The Morgan fingerprint density at radius 3 is 2.66 bits per heavy atom. The van der Waals surface area contributed by atoms with E-state index in [0.717, 1.165) is 11.1 Å². The molecule has 4 rings (SSSR count). The second-order valence-electron chi connectivity index (χ2n) is 9.88. The molecule has 1 aliphatic carbocycles. The summed E-state index contributed by atoms with van der Waals surface area (Å²) in [5.74, 6) is 0.0176. The van der Waals surface area contributed by atoms with Gasteiger partial charge in [0, 0.05) is 53.5 Å². The number of aliphatic hydroxyl groups excluding tert-OH is 2. The fourth-order valence-electron chi connectivity index (χ4n) is 5.25. The molecule has 0 spiro atoms. The van der Waals surface area contributed by atoms with Crippen LogP contribution in [0.4, 0.5) is 0 Å². The lowest BCUT2D eigenvalue weighted by Crippen LogP contribution is -2.41. The van der Waals surface area contributed by atoms with Gasteiger partial charge in [0.2, 0.25) is 5.54 Å². The third-order valence-corrected chi connectivity index (χ3v) is 7.12. The second kappa shape index (κ2) is 12.0. The predicted molar refractivity (Wildman–Crippen MR) is 165 cm³/mol. The van der Waals surface area contributed by atoms with Crippen LogP contribution in [0.1, 0.15) is 44.0 Å². The summed E-state index contributed by atoms with van der Waals surface area (Å²) in [6, 6.07) is 9.34. The maximum absolute atomic E-state index is 11.0. The van der Waals surface area contributed by atoms with Crippen LogP contribution in [0, 0.1) is 17.2 Å². The van der Waals surface area contributed by atoms with E-state index in [4.69, 9.17) is 10.7 Å². The molecule has 8 heteroatoms. The Morgan fingerprint density at radius 1 is 1.34 bits per heavy atom. The average molecular weight is 547 g/mol. The maximum atomic E-state index is 11.0. The molecule has 3 aromatic rings. The topological polar surface area (TPSA) is 133 Å². The van der Waals surface area contributed by atoms with E-state index in [1.807, 2.05) is 54.1 Å². The molecular weight excluding hydrogens is 512 g/mol. The molecule has 0 aromatic carbocycles. The van der Waals surface area contributed by atoms with Crippen LogP contribution < -0.4 is 5.73 Å². The van der Waals surface area contributed by atoms with Crippen molar-refractivity contribution in [2.75, 3.05) is 0 Å². The molecule has 4 N–H and O–H groups in total. The molecule has 0 saturated carbocycles. The minimum Gasteiger partial charge on any atom is -0.512 e. The molecule has 0 saturated heterocycles. The summed E-state index contributed by atoms with van der Waals surface area (Å²) in [7, 11) is 0. The van der Waals surface area contributed by atoms with Gasteiger partial charge in [-0.15, -0.1) is 0 Å². The van der Waals surface area contributed by atoms with Gasteiger partial charge >= 0.3 is 0 Å². The van der Waals surface area contributed by atoms with E-state index in [2.05, 4.69) is 29.2 Å². The lowest BCUT2D eigenvalue weighted by Gasteiger charge is -2.29. The van der Waals surface area contributed by atoms with Crippen LogP contribution in [0.2, 0.25) is 0 Å². The zero-order valence-electron chi connectivity index (χ0n) is 23.5. The number of aromatic nitrogens is 3. The van der Waals surface area contributed by atoms with Crippen LogP contribution in [0.3, 0.4) is 0 Å². The molecule has 0 bridgehead atoms. The predicted octanol–water partition coefficient (Wildman–Crippen LogP) is 6.53. The summed E-state index contributed by atoms with van der Waals surface area (Å²) >= 11 is 0. The zero-order valence-corrected chi connectivity index (χ0v) is 23.5. The Hall–Kier alpha value is -5.00. The summed E-state index contributed by atoms with van der Waals surface area (Å²) < 4.78 is 1.83. The van der Waals surface area contributed by atoms with Gasteiger partial charge in [-0.1, -0.05) is 43.5 Å². The van der Waals surface area contributed by atoms with Gasteiger partial charge in [0.1, 0.15) is 6.07 Å². The molecule has 3 aromatic heterocycles. The van der Waals surface area contributed by atoms with Crippen molar-refractivity contribution in [1.82, 2.24) is 14.5 Å². The number of hydrogen-bond donors (Lipinski definition) is 3.